The van der Waals surface area contributed by atoms with E-state index in [4.69, 9.17) is 17.0 Å². The predicted octanol–water partition coefficient (Wildman–Crippen LogP) is 3.35. The SMILES string of the molecule is COc1ccc(NC(=S)Nc2ccc(C)c(F)c2)cn1. The zero-order valence-corrected chi connectivity index (χ0v) is 11.9. The van der Waals surface area contributed by atoms with Crippen molar-refractivity contribution in [3.8, 4) is 5.88 Å². The molecule has 0 saturated carbocycles. The molecule has 20 heavy (non-hydrogen) atoms. The molecule has 2 N–H and O–H groups in total. The highest BCUT2D eigenvalue weighted by molar-refractivity contribution is 7.80. The van der Waals surface area contributed by atoms with Gasteiger partial charge in [-0.2, -0.15) is 0 Å². The Morgan fingerprint density at radius 2 is 1.90 bits per heavy atom. The topological polar surface area (TPSA) is 46.2 Å². The average Bonchev–Trinajstić information content (AvgIpc) is 2.44. The van der Waals surface area contributed by atoms with Crippen LogP contribution in [-0.2, 0) is 0 Å². The third kappa shape index (κ3) is 3.64. The Balaban J connectivity index is 1.99. The maximum atomic E-state index is 13.4. The second-order valence-electron chi connectivity index (χ2n) is 4.13. The van der Waals surface area contributed by atoms with Gasteiger partial charge in [0.1, 0.15) is 5.82 Å². The summed E-state index contributed by atoms with van der Waals surface area (Å²) in [5.74, 6) is 0.249. The number of nitrogens with one attached hydrogen (secondary N) is 2. The van der Waals surface area contributed by atoms with Crippen LogP contribution >= 0.6 is 12.2 Å². The van der Waals surface area contributed by atoms with Crippen LogP contribution in [-0.4, -0.2) is 17.2 Å². The number of hydrogen-bond donors (Lipinski definition) is 2. The lowest BCUT2D eigenvalue weighted by Crippen LogP contribution is -2.19. The number of ether oxygens (including phenoxy) is 1. The zero-order valence-electron chi connectivity index (χ0n) is 11.1. The number of methoxy groups -OCH3 is 1. The van der Waals surface area contributed by atoms with Gasteiger partial charge in [0, 0.05) is 11.8 Å². The molecule has 0 saturated heterocycles. The van der Waals surface area contributed by atoms with Crippen LogP contribution in [0.15, 0.2) is 36.5 Å². The monoisotopic (exact) mass is 291 g/mol. The third-order valence-electron chi connectivity index (χ3n) is 2.63. The van der Waals surface area contributed by atoms with Gasteiger partial charge in [0.25, 0.3) is 0 Å². The van der Waals surface area contributed by atoms with Gasteiger partial charge in [0.2, 0.25) is 5.88 Å². The summed E-state index contributed by atoms with van der Waals surface area (Å²) < 4.78 is 18.4. The number of aromatic nitrogens is 1. The van der Waals surface area contributed by atoms with E-state index >= 15 is 0 Å². The zero-order chi connectivity index (χ0) is 14.5. The van der Waals surface area contributed by atoms with E-state index in [-0.39, 0.29) is 5.82 Å². The molecule has 4 nitrogen and oxygen atoms in total. The number of aryl methyl sites for hydroxylation is 1. The van der Waals surface area contributed by atoms with Crippen LogP contribution in [0, 0.1) is 12.7 Å². The molecule has 0 bridgehead atoms. The standard InChI is InChI=1S/C14H14FN3OS/c1-9-3-4-10(7-12(9)15)17-14(20)18-11-5-6-13(19-2)16-8-11/h3-8H,1-2H3,(H2,17,18,20). The lowest BCUT2D eigenvalue weighted by Gasteiger charge is -2.11. The van der Waals surface area contributed by atoms with Gasteiger partial charge in [-0.25, -0.2) is 9.37 Å². The van der Waals surface area contributed by atoms with Gasteiger partial charge >= 0.3 is 0 Å². The summed E-state index contributed by atoms with van der Waals surface area (Å²) in [6.45, 7) is 1.71. The Bertz CT molecular complexity index is 616. The normalized spacial score (nSPS) is 9.95. The van der Waals surface area contributed by atoms with Crippen molar-refractivity contribution in [2.75, 3.05) is 17.7 Å². The highest BCUT2D eigenvalue weighted by Crippen LogP contribution is 2.15. The molecular weight excluding hydrogens is 277 g/mol. The number of hydrogen-bond acceptors (Lipinski definition) is 3. The number of rotatable bonds is 3. The molecule has 1 aromatic heterocycles. The minimum Gasteiger partial charge on any atom is -0.481 e. The molecule has 0 spiro atoms. The Morgan fingerprint density at radius 1 is 1.20 bits per heavy atom. The summed E-state index contributed by atoms with van der Waals surface area (Å²) in [5.41, 5.74) is 1.90. The highest BCUT2D eigenvalue weighted by Gasteiger charge is 2.03. The van der Waals surface area contributed by atoms with Crippen molar-refractivity contribution in [2.24, 2.45) is 0 Å². The van der Waals surface area contributed by atoms with Crippen molar-refractivity contribution in [2.45, 2.75) is 6.92 Å². The second kappa shape index (κ2) is 6.29. The number of pyridine rings is 1. The van der Waals surface area contributed by atoms with Crippen molar-refractivity contribution in [1.82, 2.24) is 4.98 Å². The first-order valence-electron chi connectivity index (χ1n) is 5.92. The van der Waals surface area contributed by atoms with Gasteiger partial charge in [-0.3, -0.25) is 0 Å². The van der Waals surface area contributed by atoms with Crippen molar-refractivity contribution in [3.05, 3.63) is 47.9 Å². The summed E-state index contributed by atoms with van der Waals surface area (Å²) in [6, 6.07) is 8.36. The smallest absolute Gasteiger partial charge is 0.213 e. The maximum absolute atomic E-state index is 13.4. The van der Waals surface area contributed by atoms with Crippen LogP contribution in [0.5, 0.6) is 5.88 Å². The van der Waals surface area contributed by atoms with E-state index in [2.05, 4.69) is 15.6 Å². The van der Waals surface area contributed by atoms with Crippen LogP contribution < -0.4 is 15.4 Å². The van der Waals surface area contributed by atoms with Gasteiger partial charge in [-0.05, 0) is 42.9 Å². The molecule has 0 aliphatic rings. The van der Waals surface area contributed by atoms with Gasteiger partial charge in [-0.1, -0.05) is 6.07 Å². The Kier molecular flexibility index (Phi) is 4.47. The van der Waals surface area contributed by atoms with E-state index < -0.39 is 0 Å². The third-order valence-corrected chi connectivity index (χ3v) is 2.84. The van der Waals surface area contributed by atoms with Crippen molar-refractivity contribution < 1.29 is 9.13 Å². The molecule has 0 aliphatic carbocycles. The molecule has 0 aliphatic heterocycles. The Morgan fingerprint density at radius 3 is 2.50 bits per heavy atom. The molecule has 2 aromatic rings. The largest absolute Gasteiger partial charge is 0.481 e. The first kappa shape index (κ1) is 14.2. The van der Waals surface area contributed by atoms with Crippen LogP contribution in [0.3, 0.4) is 0 Å². The fraction of sp³-hybridized carbons (Fsp3) is 0.143. The first-order valence-corrected chi connectivity index (χ1v) is 6.33. The van der Waals surface area contributed by atoms with E-state index in [9.17, 15) is 4.39 Å². The molecule has 6 heteroatoms. The Labute approximate surface area is 122 Å². The van der Waals surface area contributed by atoms with E-state index in [0.29, 0.717) is 22.2 Å². The van der Waals surface area contributed by atoms with Crippen molar-refractivity contribution in [1.29, 1.82) is 0 Å². The number of thiocarbonyl (C=S) groups is 1. The molecule has 104 valence electrons. The van der Waals surface area contributed by atoms with Crippen LogP contribution in [0.2, 0.25) is 0 Å². The van der Waals surface area contributed by atoms with Gasteiger partial charge in [0.05, 0.1) is 19.0 Å². The summed E-state index contributed by atoms with van der Waals surface area (Å²) in [6.07, 6.45) is 1.60. The molecule has 2 rings (SSSR count). The van der Waals surface area contributed by atoms with Gasteiger partial charge in [0.15, 0.2) is 5.11 Å². The lowest BCUT2D eigenvalue weighted by molar-refractivity contribution is 0.398. The number of nitrogens with zero attached hydrogens (tertiary/aromatic N) is 1. The number of anilines is 2. The van der Waals surface area contributed by atoms with Crippen LogP contribution in [0.1, 0.15) is 5.56 Å². The minimum absolute atomic E-state index is 0.274. The number of benzene rings is 1. The summed E-state index contributed by atoms with van der Waals surface area (Å²) in [7, 11) is 1.55. The fourth-order valence-electron chi connectivity index (χ4n) is 1.54. The molecule has 1 heterocycles. The van der Waals surface area contributed by atoms with E-state index in [1.165, 1.54) is 6.07 Å². The minimum atomic E-state index is -0.274. The highest BCUT2D eigenvalue weighted by atomic mass is 32.1. The molecule has 0 atom stereocenters. The van der Waals surface area contributed by atoms with E-state index in [1.54, 1.807) is 44.5 Å². The number of halogens is 1. The molecule has 0 amide bonds. The van der Waals surface area contributed by atoms with Crippen LogP contribution in [0.4, 0.5) is 15.8 Å². The van der Waals surface area contributed by atoms with Gasteiger partial charge < -0.3 is 15.4 Å². The quantitative estimate of drug-likeness (QED) is 0.849. The molecular formula is C14H14FN3OS. The molecule has 1 aromatic carbocycles. The summed E-state index contributed by atoms with van der Waals surface area (Å²) in [4.78, 5) is 4.05. The predicted molar refractivity (Wildman–Crippen MR) is 81.8 cm³/mol. The molecule has 0 radical (unpaired) electrons. The van der Waals surface area contributed by atoms with E-state index in [1.807, 2.05) is 0 Å². The molecule has 0 fully saturated rings. The summed E-state index contributed by atoms with van der Waals surface area (Å²) in [5, 5.41) is 6.23. The fourth-order valence-corrected chi connectivity index (χ4v) is 1.77. The second-order valence-corrected chi connectivity index (χ2v) is 4.54. The summed E-state index contributed by atoms with van der Waals surface area (Å²) >= 11 is 5.15. The van der Waals surface area contributed by atoms with Crippen molar-refractivity contribution in [3.63, 3.8) is 0 Å². The maximum Gasteiger partial charge on any atom is 0.213 e. The van der Waals surface area contributed by atoms with Gasteiger partial charge in [-0.15, -0.1) is 0 Å². The first-order chi connectivity index (χ1) is 9.58. The average molecular weight is 291 g/mol. The van der Waals surface area contributed by atoms with Crippen LogP contribution in [0.25, 0.3) is 0 Å². The van der Waals surface area contributed by atoms with Crippen molar-refractivity contribution >= 4 is 28.7 Å². The Hall–Kier alpha value is -2.21. The lowest BCUT2D eigenvalue weighted by atomic mass is 10.2. The molecule has 0 unspecified atom stereocenters. The van der Waals surface area contributed by atoms with E-state index in [0.717, 1.165) is 5.69 Å².